The third-order valence-corrected chi connectivity index (χ3v) is 2.94. The molecule has 0 spiro atoms. The van der Waals surface area contributed by atoms with E-state index < -0.39 is 0 Å². The molecule has 110 valence electrons. The van der Waals surface area contributed by atoms with E-state index in [4.69, 9.17) is 15.5 Å². The monoisotopic (exact) mass is 288 g/mol. The highest BCUT2D eigenvalue weighted by Gasteiger charge is 2.17. The number of amidine groups is 1. The average Bonchev–Trinajstić information content (AvgIpc) is 2.92. The van der Waals surface area contributed by atoms with Crippen molar-refractivity contribution in [3.63, 3.8) is 0 Å². The van der Waals surface area contributed by atoms with Gasteiger partial charge in [-0.1, -0.05) is 28.5 Å². The summed E-state index contributed by atoms with van der Waals surface area (Å²) in [5.74, 6) is -0.0379. The van der Waals surface area contributed by atoms with Crippen molar-refractivity contribution in [1.82, 2.24) is 10.1 Å². The molecule has 0 radical (unpaired) electrons. The molecular weight excluding hydrogens is 272 g/mol. The maximum Gasteiger partial charge on any atom is 0.292 e. The average molecular weight is 288 g/mol. The number of hydrogen-bond donors (Lipinski definition) is 2. The lowest BCUT2D eigenvalue weighted by atomic mass is 10.1. The molecule has 7 heteroatoms. The van der Waals surface area contributed by atoms with Gasteiger partial charge in [0.15, 0.2) is 5.84 Å². The van der Waals surface area contributed by atoms with E-state index >= 15 is 0 Å². The molecule has 2 rings (SSSR count). The van der Waals surface area contributed by atoms with Gasteiger partial charge in [0.1, 0.15) is 0 Å². The lowest BCUT2D eigenvalue weighted by molar-refractivity contribution is 0.0743. The van der Waals surface area contributed by atoms with E-state index in [1.54, 1.807) is 38.2 Å². The molecule has 1 heterocycles. The van der Waals surface area contributed by atoms with E-state index in [9.17, 15) is 4.79 Å². The van der Waals surface area contributed by atoms with Gasteiger partial charge in [-0.05, 0) is 18.6 Å². The lowest BCUT2D eigenvalue weighted by Crippen LogP contribution is -2.26. The molecule has 0 aliphatic carbocycles. The number of nitrogens with zero attached hydrogens (tertiary/aromatic N) is 3. The van der Waals surface area contributed by atoms with Crippen molar-refractivity contribution in [3.8, 4) is 0 Å². The van der Waals surface area contributed by atoms with Crippen molar-refractivity contribution in [2.45, 2.75) is 13.5 Å². The van der Waals surface area contributed by atoms with Gasteiger partial charge in [0.05, 0.1) is 5.69 Å². The van der Waals surface area contributed by atoms with Crippen LogP contribution in [0.2, 0.25) is 0 Å². The zero-order chi connectivity index (χ0) is 15.4. The van der Waals surface area contributed by atoms with E-state index in [-0.39, 0.29) is 17.5 Å². The van der Waals surface area contributed by atoms with Crippen LogP contribution in [0, 0.1) is 6.92 Å². The summed E-state index contributed by atoms with van der Waals surface area (Å²) in [4.78, 5) is 13.6. The van der Waals surface area contributed by atoms with E-state index in [1.807, 2.05) is 6.07 Å². The maximum atomic E-state index is 12.1. The minimum atomic E-state index is -0.259. The number of hydrogen-bond acceptors (Lipinski definition) is 5. The van der Waals surface area contributed by atoms with Gasteiger partial charge in [0.25, 0.3) is 5.91 Å². The zero-order valence-electron chi connectivity index (χ0n) is 11.8. The van der Waals surface area contributed by atoms with Crippen LogP contribution in [0.1, 0.15) is 27.4 Å². The van der Waals surface area contributed by atoms with Crippen molar-refractivity contribution in [1.29, 1.82) is 0 Å². The van der Waals surface area contributed by atoms with Crippen LogP contribution in [-0.4, -0.2) is 34.1 Å². The number of amides is 1. The first-order chi connectivity index (χ1) is 10.0. The van der Waals surface area contributed by atoms with Gasteiger partial charge in [-0.2, -0.15) is 0 Å². The predicted octanol–water partition coefficient (Wildman–Crippen LogP) is 1.35. The fourth-order valence-corrected chi connectivity index (χ4v) is 1.88. The summed E-state index contributed by atoms with van der Waals surface area (Å²) in [6.45, 7) is 2.12. The Morgan fingerprint density at radius 3 is 2.86 bits per heavy atom. The van der Waals surface area contributed by atoms with Crippen LogP contribution in [0.3, 0.4) is 0 Å². The Labute approximate surface area is 121 Å². The lowest BCUT2D eigenvalue weighted by Gasteiger charge is -2.15. The Morgan fingerprint density at radius 1 is 1.48 bits per heavy atom. The highest BCUT2D eigenvalue weighted by molar-refractivity contribution is 5.97. The fourth-order valence-electron chi connectivity index (χ4n) is 1.88. The summed E-state index contributed by atoms with van der Waals surface area (Å²) >= 11 is 0. The number of aryl methyl sites for hydroxylation is 1. The molecule has 1 amide bonds. The molecule has 0 saturated heterocycles. The standard InChI is InChI=1S/C14H16N4O3/c1-9-6-12(21-17-9)14(19)18(2)8-10-4-3-5-11(7-10)13(15)16-20/h3-7,20H,8H2,1-2H3,(H2,15,16). The molecule has 0 unspecified atom stereocenters. The second-order valence-corrected chi connectivity index (χ2v) is 4.68. The predicted molar refractivity (Wildman–Crippen MR) is 76.0 cm³/mol. The largest absolute Gasteiger partial charge is 0.409 e. The van der Waals surface area contributed by atoms with Crippen molar-refractivity contribution < 1.29 is 14.5 Å². The molecular formula is C14H16N4O3. The van der Waals surface area contributed by atoms with Crippen LogP contribution in [0.25, 0.3) is 0 Å². The number of oxime groups is 1. The first-order valence-electron chi connectivity index (χ1n) is 6.27. The van der Waals surface area contributed by atoms with Crippen LogP contribution >= 0.6 is 0 Å². The van der Waals surface area contributed by atoms with E-state index in [1.165, 1.54) is 4.90 Å². The first-order valence-corrected chi connectivity index (χ1v) is 6.27. The van der Waals surface area contributed by atoms with E-state index in [2.05, 4.69) is 10.3 Å². The molecule has 0 saturated carbocycles. The Balaban J connectivity index is 2.12. The number of aromatic nitrogens is 1. The summed E-state index contributed by atoms with van der Waals surface area (Å²) in [5, 5.41) is 15.3. The Hall–Kier alpha value is -2.83. The Bertz CT molecular complexity index is 678. The van der Waals surface area contributed by atoms with Gasteiger partial charge < -0.3 is 20.4 Å². The minimum Gasteiger partial charge on any atom is -0.409 e. The second kappa shape index (κ2) is 6.08. The van der Waals surface area contributed by atoms with Crippen LogP contribution < -0.4 is 5.73 Å². The summed E-state index contributed by atoms with van der Waals surface area (Å²) in [7, 11) is 1.66. The van der Waals surface area contributed by atoms with Crippen LogP contribution in [0.5, 0.6) is 0 Å². The molecule has 3 N–H and O–H groups in total. The fraction of sp³-hybridized carbons (Fsp3) is 0.214. The highest BCUT2D eigenvalue weighted by atomic mass is 16.5. The quantitative estimate of drug-likeness (QED) is 0.382. The van der Waals surface area contributed by atoms with Crippen LogP contribution in [0.4, 0.5) is 0 Å². The molecule has 0 aliphatic heterocycles. The topological polar surface area (TPSA) is 105 Å². The Morgan fingerprint density at radius 2 is 2.24 bits per heavy atom. The molecule has 0 bridgehead atoms. The second-order valence-electron chi connectivity index (χ2n) is 4.68. The number of benzene rings is 1. The molecule has 21 heavy (non-hydrogen) atoms. The first kappa shape index (κ1) is 14.6. The molecule has 7 nitrogen and oxygen atoms in total. The molecule has 1 aromatic heterocycles. The van der Waals surface area contributed by atoms with Gasteiger partial charge in [-0.25, -0.2) is 0 Å². The minimum absolute atomic E-state index is 0.0247. The third-order valence-electron chi connectivity index (χ3n) is 2.94. The summed E-state index contributed by atoms with van der Waals surface area (Å²) < 4.78 is 4.95. The highest BCUT2D eigenvalue weighted by Crippen LogP contribution is 2.11. The van der Waals surface area contributed by atoms with Crippen molar-refractivity contribution in [2.75, 3.05) is 7.05 Å². The van der Waals surface area contributed by atoms with Gasteiger partial charge in [-0.3, -0.25) is 4.79 Å². The van der Waals surface area contributed by atoms with Crippen LogP contribution in [0.15, 0.2) is 40.0 Å². The van der Waals surface area contributed by atoms with Gasteiger partial charge in [-0.15, -0.1) is 0 Å². The Kier molecular flexibility index (Phi) is 4.22. The summed E-state index contributed by atoms with van der Waals surface area (Å²) in [6, 6.07) is 8.69. The molecule has 0 atom stereocenters. The molecule has 1 aromatic carbocycles. The third kappa shape index (κ3) is 3.38. The number of carbonyl (C=O) groups is 1. The number of nitrogens with two attached hydrogens (primary N) is 1. The van der Waals surface area contributed by atoms with Gasteiger partial charge >= 0.3 is 0 Å². The van der Waals surface area contributed by atoms with Crippen molar-refractivity contribution in [2.24, 2.45) is 10.9 Å². The van der Waals surface area contributed by atoms with Crippen molar-refractivity contribution in [3.05, 3.63) is 52.9 Å². The van der Waals surface area contributed by atoms with Gasteiger partial charge in [0.2, 0.25) is 5.76 Å². The molecule has 2 aromatic rings. The van der Waals surface area contributed by atoms with Crippen molar-refractivity contribution >= 4 is 11.7 Å². The SMILES string of the molecule is Cc1cc(C(=O)N(C)Cc2cccc(C(N)=NO)c2)on1. The van der Waals surface area contributed by atoms with E-state index in [0.717, 1.165) is 5.56 Å². The number of rotatable bonds is 4. The summed E-state index contributed by atoms with van der Waals surface area (Å²) in [5.41, 5.74) is 7.64. The molecule has 0 aliphatic rings. The summed E-state index contributed by atoms with van der Waals surface area (Å²) in [6.07, 6.45) is 0. The smallest absolute Gasteiger partial charge is 0.292 e. The zero-order valence-corrected chi connectivity index (χ0v) is 11.8. The maximum absolute atomic E-state index is 12.1. The normalized spacial score (nSPS) is 11.4. The van der Waals surface area contributed by atoms with E-state index in [0.29, 0.717) is 17.8 Å². The number of carbonyl (C=O) groups excluding carboxylic acids is 1. The molecule has 0 fully saturated rings. The van der Waals surface area contributed by atoms with Gasteiger partial charge in [0, 0.05) is 25.2 Å². The van der Waals surface area contributed by atoms with Crippen LogP contribution in [-0.2, 0) is 6.54 Å².